The molecule has 35 heavy (non-hydrogen) atoms. The molecule has 6 nitrogen and oxygen atoms in total. The maximum Gasteiger partial charge on any atom is 0.243 e. The van der Waals surface area contributed by atoms with Crippen molar-refractivity contribution in [2.24, 2.45) is 5.92 Å². The van der Waals surface area contributed by atoms with Gasteiger partial charge in [0.15, 0.2) is 0 Å². The number of fused-ring (bicyclic) bond motifs is 1. The number of hydrogen-bond donors (Lipinski definition) is 1. The Kier molecular flexibility index (Phi) is 8.58. The van der Waals surface area contributed by atoms with Crippen LogP contribution in [0.1, 0.15) is 49.4 Å². The van der Waals surface area contributed by atoms with Gasteiger partial charge in [0.1, 0.15) is 6.04 Å². The van der Waals surface area contributed by atoms with Gasteiger partial charge >= 0.3 is 0 Å². The summed E-state index contributed by atoms with van der Waals surface area (Å²) in [6.07, 6.45) is 1.02. The number of likely N-dealkylation sites (N-methyl/N-ethyl adjacent to an activating group) is 1. The van der Waals surface area contributed by atoms with E-state index >= 15 is 0 Å². The lowest BCUT2D eigenvalue weighted by Gasteiger charge is -2.36. The van der Waals surface area contributed by atoms with Crippen LogP contribution in [-0.2, 0) is 35.6 Å². The Bertz CT molecular complexity index is 1010. The zero-order valence-electron chi connectivity index (χ0n) is 21.5. The monoisotopic (exact) mass is 476 g/mol. The van der Waals surface area contributed by atoms with Crippen molar-refractivity contribution in [3.05, 3.63) is 70.8 Å². The van der Waals surface area contributed by atoms with Crippen LogP contribution in [0.5, 0.6) is 0 Å². The predicted octanol–water partition coefficient (Wildman–Crippen LogP) is 3.44. The Balaban J connectivity index is 1.43. The van der Waals surface area contributed by atoms with Gasteiger partial charge in [-0.3, -0.25) is 14.5 Å². The molecule has 2 aliphatic rings. The summed E-state index contributed by atoms with van der Waals surface area (Å²) in [5, 5.41) is 3.17. The number of rotatable bonds is 8. The van der Waals surface area contributed by atoms with E-state index in [1.807, 2.05) is 32.0 Å². The highest BCUT2D eigenvalue weighted by Crippen LogP contribution is 2.25. The molecule has 1 fully saturated rings. The number of benzene rings is 2. The zero-order valence-corrected chi connectivity index (χ0v) is 21.5. The van der Waals surface area contributed by atoms with E-state index in [0.717, 1.165) is 56.0 Å². The Morgan fingerprint density at radius 2 is 1.54 bits per heavy atom. The van der Waals surface area contributed by atoms with Gasteiger partial charge in [0.25, 0.3) is 0 Å². The molecule has 0 saturated carbocycles. The first-order valence-electron chi connectivity index (χ1n) is 13.1. The Morgan fingerprint density at radius 3 is 2.23 bits per heavy atom. The number of nitrogens with one attached hydrogen (secondary N) is 1. The van der Waals surface area contributed by atoms with Crippen molar-refractivity contribution in [1.82, 2.24) is 20.0 Å². The summed E-state index contributed by atoms with van der Waals surface area (Å²) in [4.78, 5) is 33.3. The lowest BCUT2D eigenvalue weighted by atomic mass is 9.92. The number of amides is 2. The number of nitrogens with zero attached hydrogens (tertiary/aromatic N) is 3. The van der Waals surface area contributed by atoms with Crippen LogP contribution in [0.3, 0.4) is 0 Å². The molecular formula is C29H40N4O2. The molecular weight excluding hydrogens is 436 g/mol. The normalized spacial score (nSPS) is 19.0. The van der Waals surface area contributed by atoms with Crippen molar-refractivity contribution in [3.63, 3.8) is 0 Å². The highest BCUT2D eigenvalue weighted by atomic mass is 16.2. The maximum atomic E-state index is 13.4. The third-order valence-electron chi connectivity index (χ3n) is 7.33. The molecule has 188 valence electrons. The van der Waals surface area contributed by atoms with Crippen LogP contribution in [0, 0.1) is 5.92 Å². The van der Waals surface area contributed by atoms with Crippen molar-refractivity contribution in [1.29, 1.82) is 0 Å². The fourth-order valence-corrected chi connectivity index (χ4v) is 5.17. The van der Waals surface area contributed by atoms with Gasteiger partial charge in [-0.25, -0.2) is 0 Å². The van der Waals surface area contributed by atoms with Gasteiger partial charge in [-0.2, -0.15) is 0 Å². The Morgan fingerprint density at radius 1 is 0.914 bits per heavy atom. The van der Waals surface area contributed by atoms with Crippen LogP contribution in [0.2, 0.25) is 0 Å². The summed E-state index contributed by atoms with van der Waals surface area (Å²) >= 11 is 0. The van der Waals surface area contributed by atoms with Gasteiger partial charge in [0.05, 0.1) is 0 Å². The third-order valence-corrected chi connectivity index (χ3v) is 7.33. The minimum atomic E-state index is -0.467. The van der Waals surface area contributed by atoms with Crippen LogP contribution in [0.25, 0.3) is 0 Å². The molecule has 0 bridgehead atoms. The van der Waals surface area contributed by atoms with Crippen LogP contribution in [0.4, 0.5) is 0 Å². The first kappa shape index (κ1) is 25.4. The van der Waals surface area contributed by atoms with Crippen LogP contribution >= 0.6 is 0 Å². The number of carbonyl (C=O) groups excluding carboxylic acids is 2. The smallest absolute Gasteiger partial charge is 0.243 e. The second-order valence-electron chi connectivity index (χ2n) is 10.3. The summed E-state index contributed by atoms with van der Waals surface area (Å²) in [5.41, 5.74) is 4.71. The van der Waals surface area contributed by atoms with E-state index in [-0.39, 0.29) is 17.7 Å². The van der Waals surface area contributed by atoms with E-state index in [1.54, 1.807) is 4.90 Å². The molecule has 2 aliphatic heterocycles. The second-order valence-corrected chi connectivity index (χ2v) is 10.3. The number of carbonyl (C=O) groups is 2. The van der Waals surface area contributed by atoms with Gasteiger partial charge < -0.3 is 15.1 Å². The second kappa shape index (κ2) is 11.8. The van der Waals surface area contributed by atoms with E-state index in [9.17, 15) is 9.59 Å². The predicted molar refractivity (Wildman–Crippen MR) is 140 cm³/mol. The molecule has 0 spiro atoms. The largest absolute Gasteiger partial charge is 0.350 e. The molecule has 2 aromatic carbocycles. The summed E-state index contributed by atoms with van der Waals surface area (Å²) in [6, 6.07) is 16.1. The lowest BCUT2D eigenvalue weighted by Crippen LogP contribution is -2.52. The molecule has 2 aromatic rings. The summed E-state index contributed by atoms with van der Waals surface area (Å²) < 4.78 is 0. The minimum Gasteiger partial charge on any atom is -0.350 e. The van der Waals surface area contributed by atoms with E-state index < -0.39 is 6.04 Å². The minimum absolute atomic E-state index is 0.0567. The van der Waals surface area contributed by atoms with Crippen molar-refractivity contribution < 1.29 is 9.59 Å². The summed E-state index contributed by atoms with van der Waals surface area (Å²) in [6.45, 7) is 13.7. The maximum absolute atomic E-state index is 13.4. The van der Waals surface area contributed by atoms with Gasteiger partial charge in [-0.1, -0.05) is 69.3 Å². The quantitative estimate of drug-likeness (QED) is 0.634. The third kappa shape index (κ3) is 6.50. The topological polar surface area (TPSA) is 55.9 Å². The standard InChI is InChI=1S/C29H40N4O2/c1-4-31-13-15-32(16-14-31)20-25-11-8-6-10-24(25)19-30-29(35)27-18-23-9-5-7-12-26(23)21-33(27)28(34)17-22(2)3/h5-12,22,27H,4,13-21H2,1-3H3,(H,30,35). The van der Waals surface area contributed by atoms with Gasteiger partial charge in [0.2, 0.25) is 11.8 Å². The molecule has 0 aromatic heterocycles. The molecule has 1 N–H and O–H groups in total. The van der Waals surface area contributed by atoms with Gasteiger partial charge in [0, 0.05) is 58.7 Å². The number of piperazine rings is 1. The van der Waals surface area contributed by atoms with Crippen molar-refractivity contribution >= 4 is 11.8 Å². The number of hydrogen-bond acceptors (Lipinski definition) is 4. The molecule has 1 unspecified atom stereocenters. The fraction of sp³-hybridized carbons (Fsp3) is 0.517. The van der Waals surface area contributed by atoms with E-state index in [0.29, 0.717) is 25.9 Å². The Labute approximate surface area is 210 Å². The first-order chi connectivity index (χ1) is 16.9. The molecule has 4 rings (SSSR count). The lowest BCUT2D eigenvalue weighted by molar-refractivity contribution is -0.142. The van der Waals surface area contributed by atoms with E-state index in [1.165, 1.54) is 5.56 Å². The molecule has 1 atom stereocenters. The fourth-order valence-electron chi connectivity index (χ4n) is 5.17. The first-order valence-corrected chi connectivity index (χ1v) is 13.1. The zero-order chi connectivity index (χ0) is 24.8. The van der Waals surface area contributed by atoms with Crippen molar-refractivity contribution in [2.45, 2.75) is 59.3 Å². The molecule has 2 heterocycles. The van der Waals surface area contributed by atoms with Crippen LogP contribution in [0.15, 0.2) is 48.5 Å². The molecule has 6 heteroatoms. The van der Waals surface area contributed by atoms with Gasteiger partial charge in [-0.05, 0) is 34.7 Å². The average molecular weight is 477 g/mol. The SMILES string of the molecule is CCN1CCN(Cc2ccccc2CNC(=O)C2Cc3ccccc3CN2C(=O)CC(C)C)CC1. The van der Waals surface area contributed by atoms with Gasteiger partial charge in [-0.15, -0.1) is 0 Å². The van der Waals surface area contributed by atoms with Crippen LogP contribution in [-0.4, -0.2) is 65.3 Å². The average Bonchev–Trinajstić information content (AvgIpc) is 2.87. The highest BCUT2D eigenvalue weighted by molar-refractivity contribution is 5.88. The summed E-state index contributed by atoms with van der Waals surface area (Å²) in [7, 11) is 0. The van der Waals surface area contributed by atoms with E-state index in [2.05, 4.69) is 52.4 Å². The van der Waals surface area contributed by atoms with Crippen LogP contribution < -0.4 is 5.32 Å². The molecule has 0 radical (unpaired) electrons. The highest BCUT2D eigenvalue weighted by Gasteiger charge is 2.34. The Hall–Kier alpha value is -2.70. The summed E-state index contributed by atoms with van der Waals surface area (Å²) in [5.74, 6) is 0.249. The molecule has 1 saturated heterocycles. The molecule has 2 amide bonds. The molecule has 0 aliphatic carbocycles. The van der Waals surface area contributed by atoms with Crippen molar-refractivity contribution in [3.8, 4) is 0 Å². The van der Waals surface area contributed by atoms with E-state index in [4.69, 9.17) is 0 Å². The van der Waals surface area contributed by atoms with Crippen molar-refractivity contribution in [2.75, 3.05) is 32.7 Å².